The van der Waals surface area contributed by atoms with Gasteiger partial charge in [0.25, 0.3) is 5.91 Å². The fourth-order valence-electron chi connectivity index (χ4n) is 3.77. The molecule has 2 aromatic heterocycles. The van der Waals surface area contributed by atoms with Gasteiger partial charge in [0.05, 0.1) is 23.0 Å². The molecule has 1 saturated heterocycles. The van der Waals surface area contributed by atoms with Crippen LogP contribution in [0.25, 0.3) is 22.2 Å². The minimum Gasteiger partial charge on any atom is -0.336 e. The van der Waals surface area contributed by atoms with Crippen molar-refractivity contribution in [3.63, 3.8) is 0 Å². The summed E-state index contributed by atoms with van der Waals surface area (Å²) in [4.78, 5) is 20.2. The van der Waals surface area contributed by atoms with Crippen LogP contribution < -0.4 is 0 Å². The molecular formula is C21H24N4O. The first kappa shape index (κ1) is 16.8. The zero-order valence-corrected chi connectivity index (χ0v) is 15.6. The maximum absolute atomic E-state index is 13.4. The number of carbonyl (C=O) groups excluding carboxylic acids is 1. The van der Waals surface area contributed by atoms with E-state index in [4.69, 9.17) is 4.98 Å². The Morgan fingerprint density at radius 1 is 1.23 bits per heavy atom. The summed E-state index contributed by atoms with van der Waals surface area (Å²) >= 11 is 0. The molecule has 3 aromatic rings. The Bertz CT molecular complexity index is 975. The van der Waals surface area contributed by atoms with E-state index < -0.39 is 0 Å². The summed E-state index contributed by atoms with van der Waals surface area (Å²) in [7, 11) is 1.89. The molecule has 1 aliphatic rings. The Hall–Kier alpha value is -2.69. The van der Waals surface area contributed by atoms with E-state index in [1.165, 1.54) is 6.42 Å². The second kappa shape index (κ2) is 6.56. The lowest BCUT2D eigenvalue weighted by Crippen LogP contribution is -2.42. The standard InChI is InChI=1S/C21H24N4O/c1-14-7-8-17-18(21(26)25-9-5-4-6-15(25)2)11-19(23-20(17)10-14)16-12-22-24(3)13-16/h7-8,10-13,15H,4-6,9H2,1-3H3. The summed E-state index contributed by atoms with van der Waals surface area (Å²) < 4.78 is 1.76. The van der Waals surface area contributed by atoms with Gasteiger partial charge in [-0.3, -0.25) is 9.48 Å². The lowest BCUT2D eigenvalue weighted by molar-refractivity contribution is 0.0637. The number of carbonyl (C=O) groups is 1. The number of amides is 1. The molecule has 0 spiro atoms. The zero-order valence-electron chi connectivity index (χ0n) is 15.6. The van der Waals surface area contributed by atoms with Gasteiger partial charge in [0.15, 0.2) is 0 Å². The quantitative estimate of drug-likeness (QED) is 0.704. The number of hydrogen-bond donors (Lipinski definition) is 0. The predicted octanol–water partition coefficient (Wildman–Crippen LogP) is 3.96. The van der Waals surface area contributed by atoms with Crippen LogP contribution in [0.4, 0.5) is 0 Å². The molecule has 1 amide bonds. The van der Waals surface area contributed by atoms with Crippen LogP contribution in [0.1, 0.15) is 42.1 Å². The van der Waals surface area contributed by atoms with E-state index >= 15 is 0 Å². The number of hydrogen-bond acceptors (Lipinski definition) is 3. The van der Waals surface area contributed by atoms with Gasteiger partial charge in [-0.2, -0.15) is 5.10 Å². The number of fused-ring (bicyclic) bond motifs is 1. The number of aryl methyl sites for hydroxylation is 2. The SMILES string of the molecule is Cc1ccc2c(C(=O)N3CCCCC3C)cc(-c3cnn(C)c3)nc2c1. The van der Waals surface area contributed by atoms with Crippen LogP contribution in [-0.4, -0.2) is 38.2 Å². The summed E-state index contributed by atoms with van der Waals surface area (Å²) in [6.45, 7) is 5.02. The highest BCUT2D eigenvalue weighted by Crippen LogP contribution is 2.28. The smallest absolute Gasteiger partial charge is 0.254 e. The van der Waals surface area contributed by atoms with Crippen molar-refractivity contribution in [3.8, 4) is 11.3 Å². The number of nitrogens with zero attached hydrogens (tertiary/aromatic N) is 4. The van der Waals surface area contributed by atoms with Gasteiger partial charge in [-0.15, -0.1) is 0 Å². The molecule has 134 valence electrons. The van der Waals surface area contributed by atoms with E-state index in [2.05, 4.69) is 12.0 Å². The first-order valence-corrected chi connectivity index (χ1v) is 9.24. The van der Waals surface area contributed by atoms with Crippen molar-refractivity contribution in [1.82, 2.24) is 19.7 Å². The fourth-order valence-corrected chi connectivity index (χ4v) is 3.77. The number of rotatable bonds is 2. The summed E-state index contributed by atoms with van der Waals surface area (Å²) in [6.07, 6.45) is 7.07. The molecule has 1 atom stereocenters. The van der Waals surface area contributed by atoms with Crippen molar-refractivity contribution in [2.24, 2.45) is 7.05 Å². The van der Waals surface area contributed by atoms with Gasteiger partial charge in [0.1, 0.15) is 0 Å². The molecule has 1 fully saturated rings. The van der Waals surface area contributed by atoms with Gasteiger partial charge in [-0.1, -0.05) is 12.1 Å². The second-order valence-corrected chi connectivity index (χ2v) is 7.32. The molecule has 5 heteroatoms. The molecule has 0 saturated carbocycles. The van der Waals surface area contributed by atoms with Gasteiger partial charge in [0.2, 0.25) is 0 Å². The molecule has 0 bridgehead atoms. The summed E-state index contributed by atoms with van der Waals surface area (Å²) in [6, 6.07) is 8.33. The predicted molar refractivity (Wildman–Crippen MR) is 103 cm³/mol. The lowest BCUT2D eigenvalue weighted by Gasteiger charge is -2.33. The Morgan fingerprint density at radius 3 is 2.81 bits per heavy atom. The van der Waals surface area contributed by atoms with Gasteiger partial charge in [-0.05, 0) is 50.8 Å². The second-order valence-electron chi connectivity index (χ2n) is 7.32. The van der Waals surface area contributed by atoms with E-state index in [1.807, 2.05) is 49.3 Å². The molecule has 0 N–H and O–H groups in total. The molecule has 26 heavy (non-hydrogen) atoms. The highest BCUT2D eigenvalue weighted by Gasteiger charge is 2.26. The first-order valence-electron chi connectivity index (χ1n) is 9.24. The Morgan fingerprint density at radius 2 is 2.08 bits per heavy atom. The van der Waals surface area contributed by atoms with Crippen LogP contribution in [0.5, 0.6) is 0 Å². The Balaban J connectivity index is 1.87. The molecule has 5 nitrogen and oxygen atoms in total. The Labute approximate surface area is 153 Å². The topological polar surface area (TPSA) is 51.0 Å². The maximum atomic E-state index is 13.4. The molecule has 4 rings (SSSR count). The average molecular weight is 348 g/mol. The third-order valence-electron chi connectivity index (χ3n) is 5.26. The van der Waals surface area contributed by atoms with Crippen molar-refractivity contribution < 1.29 is 4.79 Å². The van der Waals surface area contributed by atoms with Crippen LogP contribution in [-0.2, 0) is 7.05 Å². The Kier molecular flexibility index (Phi) is 4.23. The van der Waals surface area contributed by atoms with Crippen LogP contribution in [0.3, 0.4) is 0 Å². The van der Waals surface area contributed by atoms with Crippen LogP contribution >= 0.6 is 0 Å². The molecule has 1 aromatic carbocycles. The third kappa shape index (κ3) is 2.98. The van der Waals surface area contributed by atoms with Crippen molar-refractivity contribution in [3.05, 3.63) is 47.8 Å². The van der Waals surface area contributed by atoms with E-state index in [1.54, 1.807) is 10.9 Å². The summed E-state index contributed by atoms with van der Waals surface area (Å²) in [5, 5.41) is 5.17. The minimum atomic E-state index is 0.110. The van der Waals surface area contributed by atoms with E-state index in [0.29, 0.717) is 0 Å². The number of likely N-dealkylation sites (tertiary alicyclic amines) is 1. The minimum absolute atomic E-state index is 0.110. The van der Waals surface area contributed by atoms with Crippen molar-refractivity contribution >= 4 is 16.8 Å². The fraction of sp³-hybridized carbons (Fsp3) is 0.381. The monoisotopic (exact) mass is 348 g/mol. The molecule has 1 aliphatic heterocycles. The van der Waals surface area contributed by atoms with E-state index in [9.17, 15) is 4.79 Å². The number of aromatic nitrogens is 3. The number of benzene rings is 1. The highest BCUT2D eigenvalue weighted by atomic mass is 16.2. The van der Waals surface area contributed by atoms with Gasteiger partial charge >= 0.3 is 0 Å². The number of piperidine rings is 1. The summed E-state index contributed by atoms with van der Waals surface area (Å²) in [5.41, 5.74) is 4.46. The van der Waals surface area contributed by atoms with Crippen LogP contribution in [0, 0.1) is 6.92 Å². The maximum Gasteiger partial charge on any atom is 0.254 e. The average Bonchev–Trinajstić information content (AvgIpc) is 3.07. The van der Waals surface area contributed by atoms with Crippen LogP contribution in [0.15, 0.2) is 36.7 Å². The lowest BCUT2D eigenvalue weighted by atomic mass is 9.99. The van der Waals surface area contributed by atoms with Gasteiger partial charge in [-0.25, -0.2) is 4.98 Å². The van der Waals surface area contributed by atoms with Gasteiger partial charge < -0.3 is 4.90 Å². The zero-order chi connectivity index (χ0) is 18.3. The van der Waals surface area contributed by atoms with E-state index in [0.717, 1.165) is 52.7 Å². The van der Waals surface area contributed by atoms with Crippen molar-refractivity contribution in [2.45, 2.75) is 39.2 Å². The number of pyridine rings is 1. The largest absolute Gasteiger partial charge is 0.336 e. The van der Waals surface area contributed by atoms with E-state index in [-0.39, 0.29) is 11.9 Å². The normalized spacial score (nSPS) is 17.7. The first-order chi connectivity index (χ1) is 12.5. The molecule has 0 aliphatic carbocycles. The van der Waals surface area contributed by atoms with Crippen molar-refractivity contribution in [2.75, 3.05) is 6.54 Å². The third-order valence-corrected chi connectivity index (χ3v) is 5.26. The van der Waals surface area contributed by atoms with Crippen LogP contribution in [0.2, 0.25) is 0 Å². The summed E-state index contributed by atoms with van der Waals surface area (Å²) in [5.74, 6) is 0.110. The van der Waals surface area contributed by atoms with Crippen molar-refractivity contribution in [1.29, 1.82) is 0 Å². The molecular weight excluding hydrogens is 324 g/mol. The van der Waals surface area contributed by atoms with Gasteiger partial charge in [0, 0.05) is 36.8 Å². The molecule has 3 heterocycles. The highest BCUT2D eigenvalue weighted by molar-refractivity contribution is 6.07. The molecule has 1 unspecified atom stereocenters. The molecule has 0 radical (unpaired) electrons.